The van der Waals surface area contributed by atoms with E-state index in [1.54, 1.807) is 11.3 Å². The second-order valence-corrected chi connectivity index (χ2v) is 7.49. The Kier molecular flexibility index (Phi) is 5.66. The smallest absolute Gasteiger partial charge is 0.261 e. The molecule has 5 heteroatoms. The van der Waals surface area contributed by atoms with Crippen LogP contribution in [-0.2, 0) is 17.8 Å². The van der Waals surface area contributed by atoms with E-state index in [0.717, 1.165) is 43.3 Å². The predicted octanol–water partition coefficient (Wildman–Crippen LogP) is 3.13. The molecule has 1 N–H and O–H groups in total. The zero-order valence-electron chi connectivity index (χ0n) is 14.3. The van der Waals surface area contributed by atoms with E-state index in [0.29, 0.717) is 6.54 Å². The summed E-state index contributed by atoms with van der Waals surface area (Å²) in [5, 5.41) is 3.00. The summed E-state index contributed by atoms with van der Waals surface area (Å²) in [4.78, 5) is 16.6. The quantitative estimate of drug-likeness (QED) is 0.906. The van der Waals surface area contributed by atoms with Crippen LogP contribution < -0.4 is 5.32 Å². The van der Waals surface area contributed by atoms with Gasteiger partial charge in [0, 0.05) is 31.1 Å². The highest BCUT2D eigenvalue weighted by atomic mass is 32.1. The maximum absolute atomic E-state index is 12.2. The first-order valence-electron chi connectivity index (χ1n) is 8.35. The number of hydrogen-bond acceptors (Lipinski definition) is 4. The van der Waals surface area contributed by atoms with Gasteiger partial charge in [-0.05, 0) is 36.6 Å². The highest BCUT2D eigenvalue weighted by Crippen LogP contribution is 2.20. The van der Waals surface area contributed by atoms with Gasteiger partial charge in [0.05, 0.1) is 18.1 Å². The number of rotatable bonds is 5. The van der Waals surface area contributed by atoms with Crippen LogP contribution in [0.25, 0.3) is 0 Å². The molecule has 2 aromatic rings. The minimum atomic E-state index is 0.00796. The van der Waals surface area contributed by atoms with E-state index >= 15 is 0 Å². The van der Waals surface area contributed by atoms with Crippen LogP contribution in [0, 0.1) is 13.8 Å². The van der Waals surface area contributed by atoms with Crippen LogP contribution in [0.3, 0.4) is 0 Å². The van der Waals surface area contributed by atoms with Crippen LogP contribution in [0.1, 0.15) is 31.2 Å². The number of thiophene rings is 1. The summed E-state index contributed by atoms with van der Waals surface area (Å²) in [7, 11) is 0. The number of morpholine rings is 1. The molecule has 1 amide bonds. The number of hydrogen-bond donors (Lipinski definition) is 1. The van der Waals surface area contributed by atoms with Gasteiger partial charge >= 0.3 is 0 Å². The minimum absolute atomic E-state index is 0.00796. The third-order valence-corrected chi connectivity index (χ3v) is 5.53. The van der Waals surface area contributed by atoms with E-state index in [1.807, 2.05) is 19.9 Å². The summed E-state index contributed by atoms with van der Waals surface area (Å²) in [6, 6.07) is 10.5. The molecular weight excluding hydrogens is 320 g/mol. The summed E-state index contributed by atoms with van der Waals surface area (Å²) in [6.07, 6.45) is 0. The van der Waals surface area contributed by atoms with Crippen molar-refractivity contribution in [3.05, 3.63) is 56.8 Å². The fraction of sp³-hybridized carbons (Fsp3) is 0.421. The van der Waals surface area contributed by atoms with E-state index in [2.05, 4.69) is 34.5 Å². The van der Waals surface area contributed by atoms with E-state index in [4.69, 9.17) is 4.74 Å². The Hall–Kier alpha value is -1.69. The van der Waals surface area contributed by atoms with E-state index < -0.39 is 0 Å². The molecule has 0 saturated carbocycles. The lowest BCUT2D eigenvalue weighted by Crippen LogP contribution is -2.35. The van der Waals surface area contributed by atoms with Crippen molar-refractivity contribution < 1.29 is 9.53 Å². The summed E-state index contributed by atoms with van der Waals surface area (Å²) in [6.45, 7) is 9.25. The highest BCUT2D eigenvalue weighted by Gasteiger charge is 2.11. The van der Waals surface area contributed by atoms with Crippen molar-refractivity contribution in [3.63, 3.8) is 0 Å². The van der Waals surface area contributed by atoms with Crippen LogP contribution in [0.2, 0.25) is 0 Å². The van der Waals surface area contributed by atoms with E-state index in [1.165, 1.54) is 16.0 Å². The number of nitrogens with one attached hydrogen (secondary N) is 1. The molecule has 0 unspecified atom stereocenters. The van der Waals surface area contributed by atoms with Crippen LogP contribution in [0.15, 0.2) is 30.3 Å². The molecule has 0 atom stereocenters. The largest absolute Gasteiger partial charge is 0.379 e. The van der Waals surface area contributed by atoms with Gasteiger partial charge in [-0.2, -0.15) is 0 Å². The van der Waals surface area contributed by atoms with Crippen molar-refractivity contribution in [2.75, 3.05) is 26.3 Å². The average Bonchev–Trinajstić information content (AvgIpc) is 2.94. The zero-order valence-corrected chi connectivity index (χ0v) is 15.1. The lowest BCUT2D eigenvalue weighted by atomic mass is 10.1. The zero-order chi connectivity index (χ0) is 16.9. The Bertz CT molecular complexity index is 668. The molecule has 3 rings (SSSR count). The molecule has 1 fully saturated rings. The summed E-state index contributed by atoms with van der Waals surface area (Å²) < 4.78 is 5.38. The fourth-order valence-corrected chi connectivity index (χ4v) is 3.68. The van der Waals surface area contributed by atoms with Crippen molar-refractivity contribution in [3.8, 4) is 0 Å². The topological polar surface area (TPSA) is 41.6 Å². The first-order chi connectivity index (χ1) is 11.6. The highest BCUT2D eigenvalue weighted by molar-refractivity contribution is 7.14. The van der Waals surface area contributed by atoms with Gasteiger partial charge in [-0.1, -0.05) is 24.3 Å². The number of ether oxygens (including phenoxy) is 1. The number of carbonyl (C=O) groups is 1. The number of carbonyl (C=O) groups excluding carboxylic acids is 1. The molecular formula is C19H24N2O2S. The molecule has 1 aromatic heterocycles. The Morgan fingerprint density at radius 2 is 1.83 bits per heavy atom. The van der Waals surface area contributed by atoms with Crippen molar-refractivity contribution in [1.82, 2.24) is 10.2 Å². The molecule has 2 heterocycles. The number of nitrogens with zero attached hydrogens (tertiary/aromatic N) is 1. The minimum Gasteiger partial charge on any atom is -0.379 e. The maximum Gasteiger partial charge on any atom is 0.261 e. The Balaban J connectivity index is 1.51. The van der Waals surface area contributed by atoms with Gasteiger partial charge in [0.1, 0.15) is 0 Å². The third kappa shape index (κ3) is 4.44. The van der Waals surface area contributed by atoms with Gasteiger partial charge in [0.15, 0.2) is 0 Å². The fourth-order valence-electron chi connectivity index (χ4n) is 2.73. The molecule has 0 aliphatic carbocycles. The number of amides is 1. The molecule has 0 bridgehead atoms. The molecule has 1 aliphatic heterocycles. The Morgan fingerprint density at radius 3 is 2.46 bits per heavy atom. The van der Waals surface area contributed by atoms with E-state index in [9.17, 15) is 4.79 Å². The standard InChI is InChI=1S/C19H24N2O2S/c1-14-11-18(24-15(14)2)19(22)20-12-16-3-5-17(6-4-16)13-21-7-9-23-10-8-21/h3-6,11H,7-10,12-13H2,1-2H3,(H,20,22). The first kappa shape index (κ1) is 17.1. The lowest BCUT2D eigenvalue weighted by Gasteiger charge is -2.26. The monoisotopic (exact) mass is 344 g/mol. The normalized spacial score (nSPS) is 15.4. The van der Waals surface area contributed by atoms with E-state index in [-0.39, 0.29) is 5.91 Å². The molecule has 1 aromatic carbocycles. The van der Waals surface area contributed by atoms with Gasteiger partial charge in [-0.15, -0.1) is 11.3 Å². The summed E-state index contributed by atoms with van der Waals surface area (Å²) in [5.74, 6) is 0.00796. The van der Waals surface area contributed by atoms with Crippen molar-refractivity contribution in [2.45, 2.75) is 26.9 Å². The molecule has 0 spiro atoms. The molecule has 4 nitrogen and oxygen atoms in total. The predicted molar refractivity (Wildman–Crippen MR) is 97.5 cm³/mol. The average molecular weight is 344 g/mol. The van der Waals surface area contributed by atoms with Crippen LogP contribution in [-0.4, -0.2) is 37.1 Å². The number of benzene rings is 1. The number of aryl methyl sites for hydroxylation is 2. The second kappa shape index (κ2) is 7.92. The first-order valence-corrected chi connectivity index (χ1v) is 9.16. The maximum atomic E-state index is 12.2. The van der Waals surface area contributed by atoms with Crippen LogP contribution in [0.5, 0.6) is 0 Å². The molecule has 0 radical (unpaired) electrons. The van der Waals surface area contributed by atoms with Crippen LogP contribution >= 0.6 is 11.3 Å². The van der Waals surface area contributed by atoms with Gasteiger partial charge in [-0.25, -0.2) is 0 Å². The lowest BCUT2D eigenvalue weighted by molar-refractivity contribution is 0.0342. The Morgan fingerprint density at radius 1 is 1.17 bits per heavy atom. The van der Waals surface area contributed by atoms with Crippen LogP contribution in [0.4, 0.5) is 0 Å². The molecule has 128 valence electrons. The Labute approximate surface area is 147 Å². The van der Waals surface area contributed by atoms with Crippen molar-refractivity contribution in [1.29, 1.82) is 0 Å². The third-order valence-electron chi connectivity index (χ3n) is 4.38. The van der Waals surface area contributed by atoms with Crippen molar-refractivity contribution in [2.24, 2.45) is 0 Å². The summed E-state index contributed by atoms with van der Waals surface area (Å²) in [5.41, 5.74) is 3.60. The van der Waals surface area contributed by atoms with Gasteiger partial charge < -0.3 is 10.1 Å². The summed E-state index contributed by atoms with van der Waals surface area (Å²) >= 11 is 1.55. The van der Waals surface area contributed by atoms with Gasteiger partial charge in [0.2, 0.25) is 0 Å². The van der Waals surface area contributed by atoms with Gasteiger partial charge in [0.25, 0.3) is 5.91 Å². The van der Waals surface area contributed by atoms with Gasteiger partial charge in [-0.3, -0.25) is 9.69 Å². The second-order valence-electron chi connectivity index (χ2n) is 6.24. The SMILES string of the molecule is Cc1cc(C(=O)NCc2ccc(CN3CCOCC3)cc2)sc1C. The molecule has 1 saturated heterocycles. The molecule has 24 heavy (non-hydrogen) atoms. The van der Waals surface area contributed by atoms with Crippen molar-refractivity contribution >= 4 is 17.2 Å². The molecule has 1 aliphatic rings.